The van der Waals surface area contributed by atoms with Crippen LogP contribution in [0.4, 0.5) is 0 Å². The number of rotatable bonds is 7. The van der Waals surface area contributed by atoms with Crippen molar-refractivity contribution in [3.8, 4) is 16.9 Å². The Balaban J connectivity index is 1.53. The molecule has 0 unspecified atom stereocenters. The lowest BCUT2D eigenvalue weighted by Crippen LogP contribution is -2.12. The predicted molar refractivity (Wildman–Crippen MR) is 130 cm³/mol. The van der Waals surface area contributed by atoms with Gasteiger partial charge >= 0.3 is 0 Å². The standard InChI is InChI=1S/C24H24N4O3S2/c1-16-13-21(17(2)28(16)19-9-11-20(12-10-19)33(25,30)31)23(29)15-32-24-26-14-22(27(24)3)18-7-5-4-6-8-18/h4-14H,15H2,1-3H3,(H2,25,30,31). The Morgan fingerprint density at radius 1 is 1.06 bits per heavy atom. The van der Waals surface area contributed by atoms with Crippen molar-refractivity contribution in [2.75, 3.05) is 5.75 Å². The van der Waals surface area contributed by atoms with E-state index < -0.39 is 10.0 Å². The molecule has 0 saturated heterocycles. The lowest BCUT2D eigenvalue weighted by molar-refractivity contribution is 0.102. The molecule has 0 radical (unpaired) electrons. The van der Waals surface area contributed by atoms with Crippen molar-refractivity contribution >= 4 is 27.6 Å². The van der Waals surface area contributed by atoms with Crippen LogP contribution in [0.5, 0.6) is 0 Å². The van der Waals surface area contributed by atoms with Gasteiger partial charge in [-0.2, -0.15) is 0 Å². The number of sulfonamides is 1. The van der Waals surface area contributed by atoms with Crippen molar-refractivity contribution in [2.24, 2.45) is 12.2 Å². The summed E-state index contributed by atoms with van der Waals surface area (Å²) in [4.78, 5) is 17.6. The average Bonchev–Trinajstić information content (AvgIpc) is 3.30. The van der Waals surface area contributed by atoms with Crippen molar-refractivity contribution in [1.82, 2.24) is 14.1 Å². The number of Topliss-reactive ketones (excluding diaryl/α,β-unsaturated/α-hetero) is 1. The van der Waals surface area contributed by atoms with Crippen LogP contribution in [0, 0.1) is 13.8 Å². The molecule has 0 bridgehead atoms. The summed E-state index contributed by atoms with van der Waals surface area (Å²) in [6, 6.07) is 18.1. The molecule has 2 N–H and O–H groups in total. The van der Waals surface area contributed by atoms with Crippen LogP contribution in [-0.2, 0) is 17.1 Å². The van der Waals surface area contributed by atoms with E-state index in [9.17, 15) is 13.2 Å². The van der Waals surface area contributed by atoms with Crippen molar-refractivity contribution in [2.45, 2.75) is 23.9 Å². The second-order valence-corrected chi connectivity index (χ2v) is 10.2. The quantitative estimate of drug-likeness (QED) is 0.317. The zero-order valence-corrected chi connectivity index (χ0v) is 20.2. The van der Waals surface area contributed by atoms with Crippen LogP contribution < -0.4 is 5.14 Å². The van der Waals surface area contributed by atoms with E-state index in [1.54, 1.807) is 12.1 Å². The highest BCUT2D eigenvalue weighted by Gasteiger charge is 2.19. The molecular formula is C24H24N4O3S2. The molecule has 0 aliphatic heterocycles. The number of aromatic nitrogens is 3. The third kappa shape index (κ3) is 4.66. The number of ketones is 1. The Morgan fingerprint density at radius 3 is 2.36 bits per heavy atom. The van der Waals surface area contributed by atoms with Gasteiger partial charge in [0.25, 0.3) is 0 Å². The van der Waals surface area contributed by atoms with Crippen molar-refractivity contribution in [1.29, 1.82) is 0 Å². The largest absolute Gasteiger partial charge is 0.322 e. The molecule has 4 aromatic rings. The van der Waals surface area contributed by atoms with Crippen LogP contribution in [0.2, 0.25) is 0 Å². The number of nitrogens with zero attached hydrogens (tertiary/aromatic N) is 3. The van der Waals surface area contributed by atoms with Crippen LogP contribution in [0.15, 0.2) is 76.9 Å². The van der Waals surface area contributed by atoms with E-state index >= 15 is 0 Å². The number of nitrogens with two attached hydrogens (primary N) is 1. The van der Waals surface area contributed by atoms with Crippen LogP contribution >= 0.6 is 11.8 Å². The van der Waals surface area contributed by atoms with Gasteiger partial charge in [0, 0.05) is 29.7 Å². The molecule has 2 heterocycles. The maximum Gasteiger partial charge on any atom is 0.238 e. The first-order valence-electron chi connectivity index (χ1n) is 10.2. The van der Waals surface area contributed by atoms with Gasteiger partial charge in [-0.3, -0.25) is 4.79 Å². The van der Waals surface area contributed by atoms with E-state index in [4.69, 9.17) is 5.14 Å². The number of carbonyl (C=O) groups is 1. The van der Waals surface area contributed by atoms with E-state index in [-0.39, 0.29) is 16.4 Å². The third-order valence-electron chi connectivity index (χ3n) is 5.50. The maximum atomic E-state index is 13.0. The Labute approximate surface area is 197 Å². The van der Waals surface area contributed by atoms with Crippen molar-refractivity contribution in [3.05, 3.63) is 83.8 Å². The van der Waals surface area contributed by atoms with E-state index in [2.05, 4.69) is 4.98 Å². The summed E-state index contributed by atoms with van der Waals surface area (Å²) < 4.78 is 27.0. The van der Waals surface area contributed by atoms with Crippen molar-refractivity contribution < 1.29 is 13.2 Å². The van der Waals surface area contributed by atoms with Crippen molar-refractivity contribution in [3.63, 3.8) is 0 Å². The molecule has 2 aromatic heterocycles. The average molecular weight is 481 g/mol. The number of hydrogen-bond acceptors (Lipinski definition) is 5. The number of primary sulfonamides is 1. The van der Waals surface area contributed by atoms with Gasteiger partial charge in [-0.1, -0.05) is 42.1 Å². The Hall–Kier alpha value is -3.14. The van der Waals surface area contributed by atoms with Crippen LogP contribution in [0.3, 0.4) is 0 Å². The number of imidazole rings is 1. The van der Waals surface area contributed by atoms with Crippen LogP contribution in [0.1, 0.15) is 21.7 Å². The first-order chi connectivity index (χ1) is 15.7. The fourth-order valence-electron chi connectivity index (χ4n) is 3.84. The third-order valence-corrected chi connectivity index (χ3v) is 7.48. The molecule has 0 amide bonds. The van der Waals surface area contributed by atoms with Gasteiger partial charge in [0.2, 0.25) is 10.0 Å². The second kappa shape index (κ2) is 9.01. The lowest BCUT2D eigenvalue weighted by atomic mass is 10.2. The molecule has 2 aromatic carbocycles. The normalized spacial score (nSPS) is 11.6. The number of benzene rings is 2. The number of aryl methyl sites for hydroxylation is 1. The highest BCUT2D eigenvalue weighted by Crippen LogP contribution is 2.27. The molecule has 9 heteroatoms. The zero-order valence-electron chi connectivity index (χ0n) is 18.5. The Morgan fingerprint density at radius 2 is 1.73 bits per heavy atom. The monoisotopic (exact) mass is 480 g/mol. The SMILES string of the molecule is Cc1cc(C(=O)CSc2ncc(-c3ccccc3)n2C)c(C)n1-c1ccc(S(N)(=O)=O)cc1. The molecule has 0 saturated carbocycles. The van der Waals surface area contributed by atoms with E-state index in [1.165, 1.54) is 23.9 Å². The van der Waals surface area contributed by atoms with E-state index in [0.717, 1.165) is 33.5 Å². The van der Waals surface area contributed by atoms with Crippen LogP contribution in [0.25, 0.3) is 16.9 Å². The van der Waals surface area contributed by atoms with Gasteiger partial charge in [0.05, 0.1) is 22.5 Å². The van der Waals surface area contributed by atoms with Gasteiger partial charge in [-0.05, 0) is 49.7 Å². The first kappa shape index (κ1) is 23.0. The Bertz CT molecular complexity index is 1420. The molecular weight excluding hydrogens is 456 g/mol. The molecule has 0 atom stereocenters. The predicted octanol–water partition coefficient (Wildman–Crippen LogP) is 4.12. The molecule has 0 aliphatic carbocycles. The highest BCUT2D eigenvalue weighted by atomic mass is 32.2. The first-order valence-corrected chi connectivity index (χ1v) is 12.8. The maximum absolute atomic E-state index is 13.0. The molecule has 33 heavy (non-hydrogen) atoms. The van der Waals surface area contributed by atoms with E-state index in [0.29, 0.717) is 5.56 Å². The summed E-state index contributed by atoms with van der Waals surface area (Å²) in [5.41, 5.74) is 5.14. The topological polar surface area (TPSA) is 100.0 Å². The number of carbonyl (C=O) groups excluding carboxylic acids is 1. The summed E-state index contributed by atoms with van der Waals surface area (Å²) in [7, 11) is -1.81. The summed E-state index contributed by atoms with van der Waals surface area (Å²) in [5.74, 6) is 0.262. The summed E-state index contributed by atoms with van der Waals surface area (Å²) in [6.07, 6.45) is 1.82. The molecule has 0 fully saturated rings. The minimum Gasteiger partial charge on any atom is -0.322 e. The van der Waals surface area contributed by atoms with Gasteiger partial charge in [0.15, 0.2) is 10.9 Å². The zero-order chi connectivity index (χ0) is 23.8. The van der Waals surface area contributed by atoms with E-state index in [1.807, 2.05) is 72.6 Å². The second-order valence-electron chi connectivity index (χ2n) is 7.72. The number of thioether (sulfide) groups is 1. The van der Waals surface area contributed by atoms with Crippen LogP contribution in [-0.4, -0.2) is 34.1 Å². The lowest BCUT2D eigenvalue weighted by Gasteiger charge is -2.10. The smallest absolute Gasteiger partial charge is 0.238 e. The minimum absolute atomic E-state index is 0.00441. The highest BCUT2D eigenvalue weighted by molar-refractivity contribution is 7.99. The summed E-state index contributed by atoms with van der Waals surface area (Å²) in [5, 5.41) is 5.96. The number of hydrogen-bond donors (Lipinski definition) is 1. The molecule has 7 nitrogen and oxygen atoms in total. The fraction of sp³-hybridized carbons (Fsp3) is 0.167. The minimum atomic E-state index is -3.76. The van der Waals surface area contributed by atoms with Gasteiger partial charge in [0.1, 0.15) is 0 Å². The molecule has 4 rings (SSSR count). The van der Waals surface area contributed by atoms with Gasteiger partial charge in [-0.15, -0.1) is 0 Å². The summed E-state index contributed by atoms with van der Waals surface area (Å²) >= 11 is 1.40. The molecule has 170 valence electrons. The van der Waals surface area contributed by atoms with Gasteiger partial charge < -0.3 is 9.13 Å². The molecule has 0 aliphatic rings. The fourth-order valence-corrected chi connectivity index (χ4v) is 5.19. The molecule has 0 spiro atoms. The Kier molecular flexibility index (Phi) is 6.29. The van der Waals surface area contributed by atoms with Gasteiger partial charge in [-0.25, -0.2) is 18.5 Å². The summed E-state index contributed by atoms with van der Waals surface area (Å²) in [6.45, 7) is 3.79.